The van der Waals surface area contributed by atoms with Gasteiger partial charge in [0, 0.05) is 17.3 Å². The monoisotopic (exact) mass is 317 g/mol. The molecule has 0 aliphatic carbocycles. The van der Waals surface area contributed by atoms with E-state index in [1.807, 2.05) is 6.92 Å². The van der Waals surface area contributed by atoms with Crippen molar-refractivity contribution >= 4 is 17.3 Å². The van der Waals surface area contributed by atoms with E-state index in [4.69, 9.17) is 11.6 Å². The summed E-state index contributed by atoms with van der Waals surface area (Å²) >= 11 is 5.95. The molecule has 0 unspecified atom stereocenters. The van der Waals surface area contributed by atoms with E-state index in [1.165, 1.54) is 0 Å². The Hall–Kier alpha value is -1.75. The molecule has 0 bridgehead atoms. The predicted molar refractivity (Wildman–Crippen MR) is 74.9 cm³/mol. The lowest BCUT2D eigenvalue weighted by Crippen LogP contribution is -2.12. The summed E-state index contributed by atoms with van der Waals surface area (Å²) < 4.78 is 51.6. The van der Waals surface area contributed by atoms with Gasteiger partial charge in [0.15, 0.2) is 0 Å². The minimum Gasteiger partial charge on any atom is -0.381 e. The van der Waals surface area contributed by atoms with Gasteiger partial charge < -0.3 is 5.32 Å². The van der Waals surface area contributed by atoms with E-state index >= 15 is 0 Å². The van der Waals surface area contributed by atoms with Gasteiger partial charge >= 0.3 is 6.18 Å². The fourth-order valence-corrected chi connectivity index (χ4v) is 2.05. The lowest BCUT2D eigenvalue weighted by atomic mass is 10.1. The van der Waals surface area contributed by atoms with Gasteiger partial charge in [-0.1, -0.05) is 23.7 Å². The van der Waals surface area contributed by atoms with E-state index in [0.717, 1.165) is 17.7 Å². The first kappa shape index (κ1) is 15.6. The third-order valence-corrected chi connectivity index (χ3v) is 3.44. The van der Waals surface area contributed by atoms with Crippen molar-refractivity contribution in [1.82, 2.24) is 0 Å². The number of hydrogen-bond acceptors (Lipinski definition) is 1. The molecular formula is C15H12ClF4N. The van der Waals surface area contributed by atoms with Crippen LogP contribution in [0, 0.1) is 12.7 Å². The van der Waals surface area contributed by atoms with Crippen LogP contribution in [0.4, 0.5) is 23.2 Å². The smallest absolute Gasteiger partial charge is 0.381 e. The van der Waals surface area contributed by atoms with Crippen molar-refractivity contribution in [3.63, 3.8) is 0 Å². The van der Waals surface area contributed by atoms with Crippen molar-refractivity contribution in [2.75, 3.05) is 5.32 Å². The number of benzene rings is 2. The molecule has 2 aromatic rings. The Bertz CT molecular complexity index is 653. The second-order valence-corrected chi connectivity index (χ2v) is 5.02. The molecule has 0 heterocycles. The summed E-state index contributed by atoms with van der Waals surface area (Å²) in [5, 5.41) is 3.38. The maximum absolute atomic E-state index is 13.0. The summed E-state index contributed by atoms with van der Waals surface area (Å²) in [6.07, 6.45) is -4.59. The lowest BCUT2D eigenvalue weighted by molar-refractivity contribution is -0.138. The van der Waals surface area contributed by atoms with E-state index in [9.17, 15) is 17.6 Å². The summed E-state index contributed by atoms with van der Waals surface area (Å²) in [5.41, 5.74) is 0.469. The van der Waals surface area contributed by atoms with Gasteiger partial charge in [-0.3, -0.25) is 0 Å². The molecule has 0 saturated carbocycles. The first-order chi connectivity index (χ1) is 9.77. The van der Waals surface area contributed by atoms with Gasteiger partial charge in [-0.25, -0.2) is 4.39 Å². The molecular weight excluding hydrogens is 306 g/mol. The van der Waals surface area contributed by atoms with Crippen LogP contribution in [0.2, 0.25) is 5.02 Å². The van der Waals surface area contributed by atoms with Crippen LogP contribution in [0.25, 0.3) is 0 Å². The Morgan fingerprint density at radius 1 is 1.10 bits per heavy atom. The highest BCUT2D eigenvalue weighted by Gasteiger charge is 2.33. The van der Waals surface area contributed by atoms with Crippen LogP contribution >= 0.6 is 11.6 Å². The molecule has 0 atom stereocenters. The van der Waals surface area contributed by atoms with E-state index < -0.39 is 17.6 Å². The zero-order valence-electron chi connectivity index (χ0n) is 11.1. The molecule has 0 amide bonds. The molecule has 0 fully saturated rings. The fourth-order valence-electron chi connectivity index (χ4n) is 1.87. The van der Waals surface area contributed by atoms with Crippen LogP contribution in [0.1, 0.15) is 16.7 Å². The van der Waals surface area contributed by atoms with Gasteiger partial charge in [-0.05, 0) is 42.3 Å². The molecule has 0 aliphatic rings. The standard InChI is InChI=1S/C15H12ClF4N/c1-9-2-5-12(7-14(9)16)21-8-10-3-4-11(17)6-13(10)15(18,19)20/h2-7,21H,8H2,1H3. The van der Waals surface area contributed by atoms with Crippen molar-refractivity contribution in [2.24, 2.45) is 0 Å². The van der Waals surface area contributed by atoms with Gasteiger partial charge in [0.1, 0.15) is 5.82 Å². The molecule has 0 spiro atoms. The van der Waals surface area contributed by atoms with Crippen LogP contribution in [0.5, 0.6) is 0 Å². The maximum atomic E-state index is 13.0. The minimum atomic E-state index is -4.59. The summed E-state index contributed by atoms with van der Waals surface area (Å²) in [6.45, 7) is 1.75. The number of anilines is 1. The second-order valence-electron chi connectivity index (χ2n) is 4.62. The van der Waals surface area contributed by atoms with Gasteiger partial charge in [0.2, 0.25) is 0 Å². The predicted octanol–water partition coefficient (Wildman–Crippen LogP) is 5.42. The zero-order chi connectivity index (χ0) is 15.6. The van der Waals surface area contributed by atoms with Gasteiger partial charge in [0.05, 0.1) is 5.56 Å². The normalized spacial score (nSPS) is 11.5. The van der Waals surface area contributed by atoms with Crippen molar-refractivity contribution in [3.8, 4) is 0 Å². The Labute approximate surface area is 124 Å². The molecule has 0 aliphatic heterocycles. The zero-order valence-corrected chi connectivity index (χ0v) is 11.8. The summed E-state index contributed by atoms with van der Waals surface area (Å²) in [4.78, 5) is 0. The first-order valence-electron chi connectivity index (χ1n) is 6.13. The number of rotatable bonds is 3. The number of hydrogen-bond donors (Lipinski definition) is 1. The van der Waals surface area contributed by atoms with E-state index in [0.29, 0.717) is 16.8 Å². The largest absolute Gasteiger partial charge is 0.416 e. The third-order valence-electron chi connectivity index (χ3n) is 3.03. The average Bonchev–Trinajstić information content (AvgIpc) is 2.40. The lowest BCUT2D eigenvalue weighted by Gasteiger charge is -2.14. The van der Waals surface area contributed by atoms with Gasteiger partial charge in [-0.15, -0.1) is 0 Å². The fraction of sp³-hybridized carbons (Fsp3) is 0.200. The molecule has 0 aromatic heterocycles. The van der Waals surface area contributed by atoms with Gasteiger partial charge in [-0.2, -0.15) is 13.2 Å². The second kappa shape index (κ2) is 5.93. The van der Waals surface area contributed by atoms with Gasteiger partial charge in [0.25, 0.3) is 0 Å². The van der Waals surface area contributed by atoms with Crippen LogP contribution in [0.15, 0.2) is 36.4 Å². The van der Waals surface area contributed by atoms with Crippen molar-refractivity contribution < 1.29 is 17.6 Å². The Morgan fingerprint density at radius 3 is 2.43 bits per heavy atom. The van der Waals surface area contributed by atoms with Crippen LogP contribution < -0.4 is 5.32 Å². The highest BCUT2D eigenvalue weighted by atomic mass is 35.5. The molecule has 6 heteroatoms. The maximum Gasteiger partial charge on any atom is 0.416 e. The van der Waals surface area contributed by atoms with Crippen LogP contribution in [0.3, 0.4) is 0 Å². The van der Waals surface area contributed by atoms with Crippen LogP contribution in [-0.2, 0) is 12.7 Å². The summed E-state index contributed by atoms with van der Waals surface area (Å²) in [6, 6.07) is 7.75. The molecule has 0 radical (unpaired) electrons. The van der Waals surface area contributed by atoms with Crippen molar-refractivity contribution in [3.05, 3.63) is 63.9 Å². The molecule has 2 rings (SSSR count). The summed E-state index contributed by atoms with van der Waals surface area (Å²) in [7, 11) is 0. The van der Waals surface area contributed by atoms with Crippen LogP contribution in [-0.4, -0.2) is 0 Å². The summed E-state index contributed by atoms with van der Waals surface area (Å²) in [5.74, 6) is -0.913. The SMILES string of the molecule is Cc1ccc(NCc2ccc(F)cc2C(F)(F)F)cc1Cl. The van der Waals surface area contributed by atoms with Crippen molar-refractivity contribution in [2.45, 2.75) is 19.6 Å². The first-order valence-corrected chi connectivity index (χ1v) is 6.51. The average molecular weight is 318 g/mol. The molecule has 112 valence electrons. The number of aryl methyl sites for hydroxylation is 1. The quantitative estimate of drug-likeness (QED) is 0.745. The highest BCUT2D eigenvalue weighted by Crippen LogP contribution is 2.33. The Kier molecular flexibility index (Phi) is 4.42. The van der Waals surface area contributed by atoms with Crippen molar-refractivity contribution in [1.29, 1.82) is 0 Å². The number of alkyl halides is 3. The minimum absolute atomic E-state index is 0.0272. The molecule has 0 saturated heterocycles. The van der Waals surface area contributed by atoms with E-state index in [1.54, 1.807) is 18.2 Å². The van der Waals surface area contributed by atoms with E-state index in [-0.39, 0.29) is 12.1 Å². The highest BCUT2D eigenvalue weighted by molar-refractivity contribution is 6.31. The Balaban J connectivity index is 2.22. The third kappa shape index (κ3) is 3.88. The molecule has 1 nitrogen and oxygen atoms in total. The molecule has 21 heavy (non-hydrogen) atoms. The molecule has 1 N–H and O–H groups in total. The number of halogens is 5. The molecule has 2 aromatic carbocycles. The Morgan fingerprint density at radius 2 is 1.81 bits per heavy atom. The van der Waals surface area contributed by atoms with E-state index in [2.05, 4.69) is 5.32 Å². The number of nitrogens with one attached hydrogen (secondary N) is 1. The topological polar surface area (TPSA) is 12.0 Å².